The lowest BCUT2D eigenvalue weighted by atomic mass is 10.1. The van der Waals surface area contributed by atoms with Gasteiger partial charge in [0.1, 0.15) is 0 Å². The number of hydrogen-bond donors (Lipinski definition) is 0. The van der Waals surface area contributed by atoms with Crippen molar-refractivity contribution in [1.82, 2.24) is 0 Å². The summed E-state index contributed by atoms with van der Waals surface area (Å²) >= 11 is 0. The predicted molar refractivity (Wildman–Crippen MR) is 85.7 cm³/mol. The van der Waals surface area contributed by atoms with Crippen molar-refractivity contribution in [3.63, 3.8) is 0 Å². The van der Waals surface area contributed by atoms with E-state index in [1.54, 1.807) is 0 Å². The van der Waals surface area contributed by atoms with Crippen LogP contribution in [0.1, 0.15) is 71.6 Å². The third kappa shape index (κ3) is 12.6. The van der Waals surface area contributed by atoms with Gasteiger partial charge in [-0.1, -0.05) is 51.5 Å². The average molecular weight is 272 g/mol. The first kappa shape index (κ1) is 18.1. The molecule has 0 N–H and O–H groups in total. The van der Waals surface area contributed by atoms with Crippen LogP contribution in [-0.4, -0.2) is 18.9 Å². The molecule has 0 aromatic rings. The lowest BCUT2D eigenvalue weighted by Crippen LogP contribution is -1.95. The number of hydrogen-bond acceptors (Lipinski definition) is 1. The van der Waals surface area contributed by atoms with Crippen molar-refractivity contribution in [2.45, 2.75) is 71.6 Å². The normalized spacial score (nSPS) is 12.6. The summed E-state index contributed by atoms with van der Waals surface area (Å²) < 4.78 is 5.81. The molecule has 0 aliphatic rings. The highest BCUT2D eigenvalue weighted by Gasteiger charge is 2.06. The fourth-order valence-corrected chi connectivity index (χ4v) is 4.06. The fourth-order valence-electron chi connectivity index (χ4n) is 2.13. The van der Waals surface area contributed by atoms with Gasteiger partial charge in [0.05, 0.1) is 0 Å². The molecular weight excluding hydrogens is 239 g/mol. The number of rotatable bonds is 14. The van der Waals surface area contributed by atoms with Gasteiger partial charge >= 0.3 is 0 Å². The molecule has 0 saturated heterocycles. The maximum Gasteiger partial charge on any atom is 0.0480 e. The average Bonchev–Trinajstić information content (AvgIpc) is 2.37. The lowest BCUT2D eigenvalue weighted by molar-refractivity contribution is 0.376. The molecule has 0 rings (SSSR count). The van der Waals surface area contributed by atoms with E-state index in [9.17, 15) is 0 Å². The highest BCUT2D eigenvalue weighted by molar-refractivity contribution is 7.52. The van der Waals surface area contributed by atoms with Crippen LogP contribution in [0.25, 0.3) is 0 Å². The Labute approximate surface area is 116 Å². The van der Waals surface area contributed by atoms with E-state index in [1.807, 2.05) is 6.08 Å². The molecule has 1 nitrogen and oxygen atoms in total. The second-order valence-corrected chi connectivity index (χ2v) is 7.02. The van der Waals surface area contributed by atoms with Crippen LogP contribution in [0.4, 0.5) is 0 Å². The summed E-state index contributed by atoms with van der Waals surface area (Å²) in [7, 11) is -0.104. The smallest absolute Gasteiger partial charge is 0.0480 e. The summed E-state index contributed by atoms with van der Waals surface area (Å²) in [6.07, 6.45) is 16.8. The quantitative estimate of drug-likeness (QED) is 0.210. The highest BCUT2D eigenvalue weighted by Crippen LogP contribution is 2.38. The molecule has 0 amide bonds. The van der Waals surface area contributed by atoms with Gasteiger partial charge in [-0.15, -0.1) is 6.58 Å². The summed E-state index contributed by atoms with van der Waals surface area (Å²) in [5.74, 6) is 0. The van der Waals surface area contributed by atoms with Crippen LogP contribution >= 0.6 is 8.15 Å². The van der Waals surface area contributed by atoms with E-state index in [0.29, 0.717) is 0 Å². The van der Waals surface area contributed by atoms with Gasteiger partial charge in [0.25, 0.3) is 0 Å². The molecule has 1 unspecified atom stereocenters. The van der Waals surface area contributed by atoms with Gasteiger partial charge in [-0.05, 0) is 38.5 Å². The molecule has 0 heterocycles. The Morgan fingerprint density at radius 2 is 1.50 bits per heavy atom. The van der Waals surface area contributed by atoms with E-state index in [1.165, 1.54) is 70.1 Å². The third-order valence-electron chi connectivity index (χ3n) is 3.10. The molecule has 0 radical (unpaired) electrons. The Kier molecular flexibility index (Phi) is 15.3. The summed E-state index contributed by atoms with van der Waals surface area (Å²) in [5, 5.41) is 0. The van der Waals surface area contributed by atoms with Crippen LogP contribution < -0.4 is 0 Å². The zero-order chi connectivity index (χ0) is 13.5. The van der Waals surface area contributed by atoms with E-state index in [-0.39, 0.29) is 8.15 Å². The predicted octanol–water partition coefficient (Wildman–Crippen LogP) is 6.14. The van der Waals surface area contributed by atoms with E-state index in [0.717, 1.165) is 6.61 Å². The van der Waals surface area contributed by atoms with Crippen molar-refractivity contribution < 1.29 is 4.52 Å². The first-order valence-electron chi connectivity index (χ1n) is 7.83. The standard InChI is InChI=1S/C16H33OP/c1-4-7-8-9-10-11-12-13-14-16-18(15-5-2)17-6-3/h4H,1,5-16H2,2-3H3. The van der Waals surface area contributed by atoms with Crippen molar-refractivity contribution in [2.24, 2.45) is 0 Å². The lowest BCUT2D eigenvalue weighted by Gasteiger charge is -2.15. The van der Waals surface area contributed by atoms with Crippen LogP contribution in [-0.2, 0) is 4.52 Å². The summed E-state index contributed by atoms with van der Waals surface area (Å²) in [5.41, 5.74) is 0. The van der Waals surface area contributed by atoms with Crippen molar-refractivity contribution in [2.75, 3.05) is 18.9 Å². The van der Waals surface area contributed by atoms with Crippen LogP contribution in [0.5, 0.6) is 0 Å². The van der Waals surface area contributed by atoms with Gasteiger partial charge in [-0.25, -0.2) is 0 Å². The van der Waals surface area contributed by atoms with Gasteiger partial charge in [0.15, 0.2) is 0 Å². The van der Waals surface area contributed by atoms with Gasteiger partial charge < -0.3 is 4.52 Å². The Morgan fingerprint density at radius 1 is 0.889 bits per heavy atom. The molecule has 18 heavy (non-hydrogen) atoms. The molecule has 0 aromatic heterocycles. The minimum absolute atomic E-state index is 0.104. The maximum absolute atomic E-state index is 5.81. The second-order valence-electron chi connectivity index (χ2n) is 4.90. The number of unbranched alkanes of at least 4 members (excludes halogenated alkanes) is 7. The molecular formula is C16H33OP. The van der Waals surface area contributed by atoms with Gasteiger partial charge in [-0.3, -0.25) is 0 Å². The minimum Gasteiger partial charge on any atom is -0.360 e. The van der Waals surface area contributed by atoms with E-state index in [4.69, 9.17) is 4.52 Å². The van der Waals surface area contributed by atoms with Crippen LogP contribution in [0.3, 0.4) is 0 Å². The fraction of sp³-hybridized carbons (Fsp3) is 0.875. The van der Waals surface area contributed by atoms with Crippen molar-refractivity contribution in [3.8, 4) is 0 Å². The summed E-state index contributed by atoms with van der Waals surface area (Å²) in [4.78, 5) is 0. The molecule has 0 saturated carbocycles. The van der Waals surface area contributed by atoms with E-state index >= 15 is 0 Å². The molecule has 1 atom stereocenters. The molecule has 0 aromatic carbocycles. The minimum atomic E-state index is -0.104. The Hall–Kier alpha value is 0.130. The highest BCUT2D eigenvalue weighted by atomic mass is 31.1. The SMILES string of the molecule is C=CCCCCCCCCCP(CCC)OCC. The first-order chi connectivity index (χ1) is 8.85. The van der Waals surface area contributed by atoms with Crippen LogP contribution in [0.15, 0.2) is 12.7 Å². The topological polar surface area (TPSA) is 9.23 Å². The van der Waals surface area contributed by atoms with Crippen LogP contribution in [0.2, 0.25) is 0 Å². The molecule has 2 heteroatoms. The maximum atomic E-state index is 5.81. The largest absolute Gasteiger partial charge is 0.360 e. The molecule has 0 bridgehead atoms. The van der Waals surface area contributed by atoms with Crippen LogP contribution in [0, 0.1) is 0 Å². The van der Waals surface area contributed by atoms with Crippen molar-refractivity contribution >= 4 is 8.15 Å². The Morgan fingerprint density at radius 3 is 2.06 bits per heavy atom. The van der Waals surface area contributed by atoms with Gasteiger partial charge in [0.2, 0.25) is 0 Å². The first-order valence-corrected chi connectivity index (χ1v) is 9.46. The van der Waals surface area contributed by atoms with E-state index < -0.39 is 0 Å². The Balaban J connectivity index is 3.24. The Bertz CT molecular complexity index is 164. The molecule has 0 fully saturated rings. The zero-order valence-corrected chi connectivity index (χ0v) is 13.5. The molecule has 0 aliphatic carbocycles. The van der Waals surface area contributed by atoms with Crippen molar-refractivity contribution in [3.05, 3.63) is 12.7 Å². The van der Waals surface area contributed by atoms with Gasteiger partial charge in [0, 0.05) is 14.8 Å². The zero-order valence-electron chi connectivity index (χ0n) is 12.6. The second kappa shape index (κ2) is 15.2. The third-order valence-corrected chi connectivity index (χ3v) is 5.48. The monoisotopic (exact) mass is 272 g/mol. The van der Waals surface area contributed by atoms with E-state index in [2.05, 4.69) is 20.4 Å². The molecule has 0 aliphatic heterocycles. The molecule has 108 valence electrons. The summed E-state index contributed by atoms with van der Waals surface area (Å²) in [6, 6.07) is 0. The number of allylic oxidation sites excluding steroid dienone is 1. The van der Waals surface area contributed by atoms with Gasteiger partial charge in [-0.2, -0.15) is 0 Å². The van der Waals surface area contributed by atoms with Crippen molar-refractivity contribution in [1.29, 1.82) is 0 Å². The summed E-state index contributed by atoms with van der Waals surface area (Å²) in [6.45, 7) is 9.03. The molecule has 0 spiro atoms.